The maximum Gasteiger partial charge on any atom is 0.416 e. The van der Waals surface area contributed by atoms with Crippen molar-refractivity contribution in [2.45, 2.75) is 25.6 Å². The molecule has 0 bridgehead atoms. The van der Waals surface area contributed by atoms with Crippen LogP contribution in [0.2, 0.25) is 0 Å². The number of aromatic nitrogens is 4. The molecule has 2 N–H and O–H groups in total. The summed E-state index contributed by atoms with van der Waals surface area (Å²) in [5.74, 6) is 0.284. The third kappa shape index (κ3) is 5.16. The van der Waals surface area contributed by atoms with Crippen LogP contribution in [0.15, 0.2) is 35.4 Å². The second-order valence-corrected chi connectivity index (χ2v) is 7.91. The SMILES string of the molecule is Cn1nc(Nc2ccc(C(F)(F)F)cc2)c2ncn(CC(=O)NCC3CCOCC3)c(=O)c21. The van der Waals surface area contributed by atoms with Crippen LogP contribution in [0.5, 0.6) is 0 Å². The first-order chi connectivity index (χ1) is 15.7. The van der Waals surface area contributed by atoms with Crippen LogP contribution in [-0.4, -0.2) is 45.0 Å². The summed E-state index contributed by atoms with van der Waals surface area (Å²) in [6, 6.07) is 4.44. The van der Waals surface area contributed by atoms with E-state index in [1.54, 1.807) is 7.05 Å². The molecule has 33 heavy (non-hydrogen) atoms. The van der Waals surface area contributed by atoms with Crippen LogP contribution in [0.1, 0.15) is 18.4 Å². The zero-order valence-corrected chi connectivity index (χ0v) is 17.9. The van der Waals surface area contributed by atoms with Gasteiger partial charge in [0.25, 0.3) is 5.56 Å². The number of carbonyl (C=O) groups excluding carboxylic acids is 1. The van der Waals surface area contributed by atoms with Crippen molar-refractivity contribution < 1.29 is 22.7 Å². The van der Waals surface area contributed by atoms with Crippen molar-refractivity contribution in [1.29, 1.82) is 0 Å². The Morgan fingerprint density at radius 3 is 2.58 bits per heavy atom. The molecule has 1 amide bonds. The normalized spacial score (nSPS) is 15.0. The molecule has 12 heteroatoms. The van der Waals surface area contributed by atoms with E-state index in [-0.39, 0.29) is 29.3 Å². The monoisotopic (exact) mass is 464 g/mol. The molecule has 0 unspecified atom stereocenters. The van der Waals surface area contributed by atoms with E-state index in [1.807, 2.05) is 0 Å². The fourth-order valence-corrected chi connectivity index (χ4v) is 3.69. The van der Waals surface area contributed by atoms with Gasteiger partial charge in [-0.3, -0.25) is 18.8 Å². The Morgan fingerprint density at radius 2 is 1.91 bits per heavy atom. The first-order valence-electron chi connectivity index (χ1n) is 10.4. The molecule has 1 aliphatic heterocycles. The van der Waals surface area contributed by atoms with Gasteiger partial charge in [0.1, 0.15) is 12.1 Å². The molecule has 3 aromatic rings. The molecule has 0 spiro atoms. The van der Waals surface area contributed by atoms with Gasteiger partial charge in [-0.15, -0.1) is 0 Å². The third-order valence-corrected chi connectivity index (χ3v) is 5.53. The second kappa shape index (κ2) is 9.22. The minimum Gasteiger partial charge on any atom is -0.381 e. The van der Waals surface area contributed by atoms with Gasteiger partial charge < -0.3 is 15.4 Å². The van der Waals surface area contributed by atoms with E-state index in [2.05, 4.69) is 20.7 Å². The van der Waals surface area contributed by atoms with Crippen LogP contribution in [0.3, 0.4) is 0 Å². The molecule has 9 nitrogen and oxygen atoms in total. The van der Waals surface area contributed by atoms with Crippen LogP contribution >= 0.6 is 0 Å². The van der Waals surface area contributed by atoms with Gasteiger partial charge >= 0.3 is 6.18 Å². The summed E-state index contributed by atoms with van der Waals surface area (Å²) in [4.78, 5) is 29.5. The van der Waals surface area contributed by atoms with Crippen molar-refractivity contribution in [2.24, 2.45) is 13.0 Å². The molecular weight excluding hydrogens is 441 g/mol. The van der Waals surface area contributed by atoms with Crippen molar-refractivity contribution >= 4 is 28.4 Å². The van der Waals surface area contributed by atoms with Gasteiger partial charge in [0, 0.05) is 32.5 Å². The molecule has 1 aromatic carbocycles. The molecule has 0 radical (unpaired) electrons. The highest BCUT2D eigenvalue weighted by atomic mass is 19.4. The van der Waals surface area contributed by atoms with E-state index >= 15 is 0 Å². The number of hydrogen-bond donors (Lipinski definition) is 2. The van der Waals surface area contributed by atoms with E-state index in [1.165, 1.54) is 27.7 Å². The lowest BCUT2D eigenvalue weighted by Gasteiger charge is -2.22. The fraction of sp³-hybridized carbons (Fsp3) is 0.429. The lowest BCUT2D eigenvalue weighted by Crippen LogP contribution is -2.36. The van der Waals surface area contributed by atoms with Crippen molar-refractivity contribution in [2.75, 3.05) is 25.1 Å². The highest BCUT2D eigenvalue weighted by molar-refractivity contribution is 5.87. The number of ether oxygens (including phenoxy) is 1. The largest absolute Gasteiger partial charge is 0.416 e. The molecule has 0 atom stereocenters. The molecule has 2 aromatic heterocycles. The fourth-order valence-electron chi connectivity index (χ4n) is 3.69. The van der Waals surface area contributed by atoms with Crippen molar-refractivity contribution in [3.63, 3.8) is 0 Å². The number of fused-ring (bicyclic) bond motifs is 1. The molecule has 1 saturated heterocycles. The average molecular weight is 464 g/mol. The molecule has 1 fully saturated rings. The predicted molar refractivity (Wildman–Crippen MR) is 114 cm³/mol. The Bertz CT molecular complexity index is 1200. The van der Waals surface area contributed by atoms with Crippen LogP contribution in [-0.2, 0) is 29.3 Å². The number of alkyl halides is 3. The van der Waals surface area contributed by atoms with Gasteiger partial charge in [-0.2, -0.15) is 18.3 Å². The first-order valence-corrected chi connectivity index (χ1v) is 10.4. The summed E-state index contributed by atoms with van der Waals surface area (Å²) in [6.45, 7) is 1.71. The molecule has 0 saturated carbocycles. The maximum absolute atomic E-state index is 12.9. The van der Waals surface area contributed by atoms with Crippen LogP contribution in [0.4, 0.5) is 24.7 Å². The zero-order chi connectivity index (χ0) is 23.6. The van der Waals surface area contributed by atoms with Gasteiger partial charge in [0.2, 0.25) is 5.91 Å². The quantitative estimate of drug-likeness (QED) is 0.581. The average Bonchev–Trinajstić information content (AvgIpc) is 3.10. The van der Waals surface area contributed by atoms with Crippen LogP contribution < -0.4 is 16.2 Å². The number of carbonyl (C=O) groups is 1. The van der Waals surface area contributed by atoms with Gasteiger partial charge in [-0.25, -0.2) is 4.98 Å². The Kier molecular flexibility index (Phi) is 6.36. The number of halogens is 3. The standard InChI is InChI=1S/C21H23F3N6O3/c1-29-18-17(19(28-29)27-15-4-2-14(3-5-15)21(22,23)24)26-12-30(20(18)32)11-16(31)25-10-13-6-8-33-9-7-13/h2-5,12-13H,6-11H2,1H3,(H,25,31)(H,27,28). The molecule has 3 heterocycles. The van der Waals surface area contributed by atoms with E-state index in [0.717, 1.165) is 25.0 Å². The Labute approximate surface area is 186 Å². The van der Waals surface area contributed by atoms with Crippen LogP contribution in [0, 0.1) is 5.92 Å². The summed E-state index contributed by atoms with van der Waals surface area (Å²) in [5, 5.41) is 9.97. The van der Waals surface area contributed by atoms with Gasteiger partial charge in [0.05, 0.1) is 11.9 Å². The second-order valence-electron chi connectivity index (χ2n) is 7.91. The summed E-state index contributed by atoms with van der Waals surface area (Å²) in [7, 11) is 1.55. The molecular formula is C21H23F3N6O3. The van der Waals surface area contributed by atoms with E-state index in [4.69, 9.17) is 4.74 Å². The Hall–Kier alpha value is -3.41. The molecule has 1 aliphatic rings. The molecule has 0 aliphatic carbocycles. The predicted octanol–water partition coefficient (Wildman–Crippen LogP) is 2.44. The third-order valence-electron chi connectivity index (χ3n) is 5.53. The lowest BCUT2D eigenvalue weighted by molar-refractivity contribution is -0.137. The number of rotatable bonds is 6. The highest BCUT2D eigenvalue weighted by Crippen LogP contribution is 2.30. The molecule has 176 valence electrons. The highest BCUT2D eigenvalue weighted by Gasteiger charge is 2.30. The van der Waals surface area contributed by atoms with Gasteiger partial charge in [0.15, 0.2) is 11.3 Å². The van der Waals surface area contributed by atoms with Gasteiger partial charge in [-0.05, 0) is 43.0 Å². The maximum atomic E-state index is 12.9. The minimum absolute atomic E-state index is 0.171. The Balaban J connectivity index is 1.48. The van der Waals surface area contributed by atoms with E-state index in [0.29, 0.717) is 31.4 Å². The summed E-state index contributed by atoms with van der Waals surface area (Å²) < 4.78 is 46.1. The van der Waals surface area contributed by atoms with Crippen molar-refractivity contribution in [3.05, 3.63) is 46.5 Å². The lowest BCUT2D eigenvalue weighted by atomic mass is 10.0. The number of aryl methyl sites for hydroxylation is 1. The number of hydrogen-bond acceptors (Lipinski definition) is 6. The first kappa shape index (κ1) is 22.8. The topological polar surface area (TPSA) is 103 Å². The summed E-state index contributed by atoms with van der Waals surface area (Å²) in [6.07, 6.45) is -1.40. The van der Waals surface area contributed by atoms with Crippen LogP contribution in [0.25, 0.3) is 11.0 Å². The summed E-state index contributed by atoms with van der Waals surface area (Å²) >= 11 is 0. The summed E-state index contributed by atoms with van der Waals surface area (Å²) in [5.41, 5.74) is -0.432. The smallest absolute Gasteiger partial charge is 0.381 e. The van der Waals surface area contributed by atoms with Crippen molar-refractivity contribution in [1.82, 2.24) is 24.6 Å². The van der Waals surface area contributed by atoms with E-state index in [9.17, 15) is 22.8 Å². The number of anilines is 2. The van der Waals surface area contributed by atoms with E-state index < -0.39 is 17.3 Å². The molecule has 4 rings (SSSR count). The number of amides is 1. The van der Waals surface area contributed by atoms with Gasteiger partial charge in [-0.1, -0.05) is 0 Å². The number of nitrogens with zero attached hydrogens (tertiary/aromatic N) is 4. The number of nitrogens with one attached hydrogen (secondary N) is 2. The van der Waals surface area contributed by atoms with Crippen molar-refractivity contribution in [3.8, 4) is 0 Å². The minimum atomic E-state index is -4.43. The Morgan fingerprint density at radius 1 is 1.21 bits per heavy atom. The zero-order valence-electron chi connectivity index (χ0n) is 17.9. The number of benzene rings is 1.